The van der Waals surface area contributed by atoms with Gasteiger partial charge in [0, 0.05) is 6.92 Å². The average Bonchev–Trinajstić information content (AvgIpc) is 3.04. The Balaban J connectivity index is 1.47. The summed E-state index contributed by atoms with van der Waals surface area (Å²) in [6.45, 7) is 1.34. The average molecular weight is 385 g/mol. The molecule has 0 aliphatic rings. The molecule has 0 saturated carbocycles. The molecule has 1 N–H and O–H groups in total. The van der Waals surface area contributed by atoms with E-state index in [4.69, 9.17) is 4.74 Å². The maximum absolute atomic E-state index is 11.9. The lowest BCUT2D eigenvalue weighted by Crippen LogP contribution is -2.19. The van der Waals surface area contributed by atoms with E-state index in [9.17, 15) is 9.59 Å². The summed E-state index contributed by atoms with van der Waals surface area (Å²) in [5.41, 5.74) is 4.20. The fourth-order valence-electron chi connectivity index (χ4n) is 2.04. The molecule has 0 saturated heterocycles. The van der Waals surface area contributed by atoms with Gasteiger partial charge in [0.2, 0.25) is 0 Å². The van der Waals surface area contributed by atoms with Crippen molar-refractivity contribution in [2.45, 2.75) is 11.3 Å². The number of nitrogens with zero attached hydrogens (tertiary/aromatic N) is 2. The van der Waals surface area contributed by atoms with E-state index in [-0.39, 0.29) is 17.6 Å². The van der Waals surface area contributed by atoms with Crippen LogP contribution >= 0.6 is 23.1 Å². The number of hydrogen-bond donors (Lipinski definition) is 1. The Hall–Kier alpha value is -2.71. The van der Waals surface area contributed by atoms with Crippen molar-refractivity contribution >= 4 is 51.4 Å². The Bertz CT molecular complexity index is 919. The second-order valence-corrected chi connectivity index (χ2v) is 7.45. The maximum atomic E-state index is 11.9. The summed E-state index contributed by atoms with van der Waals surface area (Å²) in [6, 6.07) is 14.7. The van der Waals surface area contributed by atoms with Gasteiger partial charge in [0.15, 0.2) is 4.34 Å². The van der Waals surface area contributed by atoms with Crippen molar-refractivity contribution in [2.24, 2.45) is 5.10 Å². The number of para-hydroxylation sites is 1. The Morgan fingerprint density at radius 2 is 2.00 bits per heavy atom. The number of carbonyl (C=O) groups excluding carboxylic acids is 2. The van der Waals surface area contributed by atoms with Crippen LogP contribution in [-0.2, 0) is 9.59 Å². The molecule has 3 aromatic rings. The minimum absolute atomic E-state index is 0.206. The number of aromatic nitrogens is 1. The number of fused-ring (bicyclic) bond motifs is 1. The van der Waals surface area contributed by atoms with Crippen LogP contribution in [0.5, 0.6) is 5.75 Å². The van der Waals surface area contributed by atoms with E-state index in [2.05, 4.69) is 15.5 Å². The molecule has 1 heterocycles. The Morgan fingerprint density at radius 3 is 2.73 bits per heavy atom. The third kappa shape index (κ3) is 5.14. The van der Waals surface area contributed by atoms with Gasteiger partial charge < -0.3 is 4.74 Å². The molecular formula is C18H15N3O3S2. The zero-order valence-electron chi connectivity index (χ0n) is 13.8. The van der Waals surface area contributed by atoms with Crippen LogP contribution in [-0.4, -0.2) is 28.8 Å². The number of rotatable bonds is 6. The highest BCUT2D eigenvalue weighted by molar-refractivity contribution is 8.01. The van der Waals surface area contributed by atoms with Crippen LogP contribution in [0, 0.1) is 0 Å². The number of esters is 1. The Morgan fingerprint density at radius 1 is 1.23 bits per heavy atom. The van der Waals surface area contributed by atoms with Gasteiger partial charge in [-0.15, -0.1) is 11.3 Å². The maximum Gasteiger partial charge on any atom is 0.308 e. The third-order valence-corrected chi connectivity index (χ3v) is 5.32. The molecule has 0 fully saturated rings. The zero-order chi connectivity index (χ0) is 18.4. The highest BCUT2D eigenvalue weighted by atomic mass is 32.2. The van der Waals surface area contributed by atoms with E-state index in [1.807, 2.05) is 24.3 Å². The van der Waals surface area contributed by atoms with Crippen molar-refractivity contribution in [1.29, 1.82) is 0 Å². The largest absolute Gasteiger partial charge is 0.427 e. The SMILES string of the molecule is CC(=O)Oc1ccc(/C=N\NC(=O)CSc2nc3ccccc3s2)cc1. The summed E-state index contributed by atoms with van der Waals surface area (Å²) in [5, 5.41) is 3.92. The van der Waals surface area contributed by atoms with E-state index in [1.54, 1.807) is 35.6 Å². The van der Waals surface area contributed by atoms with Crippen LogP contribution in [0.1, 0.15) is 12.5 Å². The molecule has 0 bridgehead atoms. The van der Waals surface area contributed by atoms with Crippen molar-refractivity contribution in [3.05, 3.63) is 54.1 Å². The lowest BCUT2D eigenvalue weighted by molar-refractivity contribution is -0.131. The van der Waals surface area contributed by atoms with Crippen LogP contribution in [0.3, 0.4) is 0 Å². The van der Waals surface area contributed by atoms with Crippen LogP contribution in [0.2, 0.25) is 0 Å². The minimum atomic E-state index is -0.371. The molecule has 1 aromatic heterocycles. The van der Waals surface area contributed by atoms with Gasteiger partial charge in [0.1, 0.15) is 5.75 Å². The lowest BCUT2D eigenvalue weighted by Gasteiger charge is -2.01. The van der Waals surface area contributed by atoms with Gasteiger partial charge >= 0.3 is 5.97 Å². The first-order valence-corrected chi connectivity index (χ1v) is 9.49. The first-order chi connectivity index (χ1) is 12.6. The van der Waals surface area contributed by atoms with E-state index >= 15 is 0 Å². The first kappa shape index (κ1) is 18.1. The van der Waals surface area contributed by atoms with Crippen molar-refractivity contribution in [2.75, 3.05) is 5.75 Å². The fourth-order valence-corrected chi connectivity index (χ4v) is 3.90. The molecule has 0 aliphatic heterocycles. The summed E-state index contributed by atoms with van der Waals surface area (Å²) in [5.74, 6) is 0.125. The molecule has 6 nitrogen and oxygen atoms in total. The number of thiazole rings is 1. The number of hydrazone groups is 1. The van der Waals surface area contributed by atoms with Crippen LogP contribution in [0.4, 0.5) is 0 Å². The second-order valence-electron chi connectivity index (χ2n) is 5.19. The van der Waals surface area contributed by atoms with Crippen molar-refractivity contribution in [1.82, 2.24) is 10.4 Å². The minimum Gasteiger partial charge on any atom is -0.427 e. The highest BCUT2D eigenvalue weighted by Crippen LogP contribution is 2.28. The third-order valence-electron chi connectivity index (χ3n) is 3.15. The normalized spacial score (nSPS) is 11.0. The van der Waals surface area contributed by atoms with E-state index in [0.717, 1.165) is 20.1 Å². The summed E-state index contributed by atoms with van der Waals surface area (Å²) in [7, 11) is 0. The van der Waals surface area contributed by atoms with Gasteiger partial charge in [-0.2, -0.15) is 5.10 Å². The van der Waals surface area contributed by atoms with Gasteiger partial charge in [-0.1, -0.05) is 23.9 Å². The number of amides is 1. The summed E-state index contributed by atoms with van der Waals surface area (Å²) >= 11 is 2.94. The number of ether oxygens (including phenoxy) is 1. The Kier molecular flexibility index (Phi) is 5.98. The van der Waals surface area contributed by atoms with Crippen LogP contribution < -0.4 is 10.2 Å². The lowest BCUT2D eigenvalue weighted by atomic mass is 10.2. The number of carbonyl (C=O) groups is 2. The molecule has 0 spiro atoms. The zero-order valence-corrected chi connectivity index (χ0v) is 15.5. The predicted molar refractivity (Wildman–Crippen MR) is 104 cm³/mol. The number of nitrogens with one attached hydrogen (secondary N) is 1. The van der Waals surface area contributed by atoms with Gasteiger partial charge in [0.05, 0.1) is 22.2 Å². The van der Waals surface area contributed by atoms with E-state index in [0.29, 0.717) is 5.75 Å². The Labute approximate surface area is 158 Å². The van der Waals surface area contributed by atoms with Gasteiger partial charge in [-0.25, -0.2) is 10.4 Å². The number of thioether (sulfide) groups is 1. The van der Waals surface area contributed by atoms with Gasteiger partial charge in [-0.05, 0) is 42.0 Å². The molecule has 2 aromatic carbocycles. The van der Waals surface area contributed by atoms with Crippen LogP contribution in [0.25, 0.3) is 10.2 Å². The van der Waals surface area contributed by atoms with E-state index in [1.165, 1.54) is 24.9 Å². The molecule has 3 rings (SSSR count). The summed E-state index contributed by atoms with van der Waals surface area (Å²) in [6.07, 6.45) is 1.53. The molecule has 26 heavy (non-hydrogen) atoms. The van der Waals surface area contributed by atoms with Crippen molar-refractivity contribution < 1.29 is 14.3 Å². The van der Waals surface area contributed by atoms with Gasteiger partial charge in [-0.3, -0.25) is 9.59 Å². The molecule has 132 valence electrons. The van der Waals surface area contributed by atoms with E-state index < -0.39 is 0 Å². The fraction of sp³-hybridized carbons (Fsp3) is 0.111. The molecule has 1 amide bonds. The summed E-state index contributed by atoms with van der Waals surface area (Å²) in [4.78, 5) is 27.2. The highest BCUT2D eigenvalue weighted by Gasteiger charge is 2.06. The predicted octanol–water partition coefficient (Wildman–Crippen LogP) is 3.46. The van der Waals surface area contributed by atoms with Crippen molar-refractivity contribution in [3.8, 4) is 5.75 Å². The number of benzene rings is 2. The van der Waals surface area contributed by atoms with Gasteiger partial charge in [0.25, 0.3) is 5.91 Å². The quantitative estimate of drug-likeness (QED) is 0.231. The second kappa shape index (κ2) is 8.59. The monoisotopic (exact) mass is 385 g/mol. The molecular weight excluding hydrogens is 370 g/mol. The molecule has 0 radical (unpaired) electrons. The topological polar surface area (TPSA) is 80.6 Å². The van der Waals surface area contributed by atoms with Crippen LogP contribution in [0.15, 0.2) is 58.0 Å². The van der Waals surface area contributed by atoms with Crippen molar-refractivity contribution in [3.63, 3.8) is 0 Å². The molecule has 0 aliphatic carbocycles. The molecule has 0 unspecified atom stereocenters. The summed E-state index contributed by atoms with van der Waals surface area (Å²) < 4.78 is 6.90. The number of hydrogen-bond acceptors (Lipinski definition) is 7. The molecule has 8 heteroatoms. The smallest absolute Gasteiger partial charge is 0.308 e. The molecule has 0 atom stereocenters. The standard InChI is InChI=1S/C18H15N3O3S2/c1-12(22)24-14-8-6-13(7-9-14)10-19-21-17(23)11-25-18-20-15-4-2-3-5-16(15)26-18/h2-10H,11H2,1H3,(H,21,23)/b19-10-. The first-order valence-electron chi connectivity index (χ1n) is 7.69.